The molecule has 21 heavy (non-hydrogen) atoms. The lowest BCUT2D eigenvalue weighted by Gasteiger charge is -2.18. The molecular formula is C15H18ClN5. The Morgan fingerprint density at radius 1 is 1.29 bits per heavy atom. The van der Waals surface area contributed by atoms with Gasteiger partial charge in [-0.1, -0.05) is 0 Å². The Morgan fingerprint density at radius 3 is 2.76 bits per heavy atom. The zero-order valence-corrected chi connectivity index (χ0v) is 13.1. The molecule has 5 nitrogen and oxygen atoms in total. The van der Waals surface area contributed by atoms with Crippen molar-refractivity contribution in [2.45, 2.75) is 38.7 Å². The maximum Gasteiger partial charge on any atom is 0.160 e. The molecule has 0 saturated heterocycles. The summed E-state index contributed by atoms with van der Waals surface area (Å²) in [6.07, 6.45) is 5.56. The Kier molecular flexibility index (Phi) is 3.68. The standard InChI is InChI=1S/C15H18ClN5/c1-10-5-7-17-15-13(10)19-14(12(3)16)21(15)11(2)9-20-8-4-6-18-20/h4-8,11-12H,9H2,1-3H3. The number of fused-ring (bicyclic) bond motifs is 1. The number of aryl methyl sites for hydroxylation is 1. The van der Waals surface area contributed by atoms with E-state index < -0.39 is 0 Å². The summed E-state index contributed by atoms with van der Waals surface area (Å²) in [5.74, 6) is 0.855. The van der Waals surface area contributed by atoms with Gasteiger partial charge in [-0.05, 0) is 38.5 Å². The summed E-state index contributed by atoms with van der Waals surface area (Å²) in [4.78, 5) is 9.21. The summed E-state index contributed by atoms with van der Waals surface area (Å²) in [5, 5.41) is 4.10. The van der Waals surface area contributed by atoms with E-state index in [1.165, 1.54) is 0 Å². The Hall–Kier alpha value is -1.88. The van der Waals surface area contributed by atoms with Gasteiger partial charge in [-0.15, -0.1) is 11.6 Å². The predicted molar refractivity (Wildman–Crippen MR) is 83.5 cm³/mol. The molecule has 0 spiro atoms. The molecule has 0 aliphatic rings. The van der Waals surface area contributed by atoms with Gasteiger partial charge in [-0.3, -0.25) is 4.68 Å². The SMILES string of the molecule is Cc1ccnc2c1nc(C(C)Cl)n2C(C)Cn1cccn1. The minimum Gasteiger partial charge on any atom is -0.307 e. The van der Waals surface area contributed by atoms with E-state index in [0.29, 0.717) is 0 Å². The van der Waals surface area contributed by atoms with Crippen molar-refractivity contribution in [3.63, 3.8) is 0 Å². The average molecular weight is 304 g/mol. The van der Waals surface area contributed by atoms with E-state index in [0.717, 1.165) is 29.1 Å². The second-order valence-corrected chi connectivity index (χ2v) is 5.99. The van der Waals surface area contributed by atoms with E-state index in [2.05, 4.69) is 21.6 Å². The average Bonchev–Trinajstić information content (AvgIpc) is 3.05. The van der Waals surface area contributed by atoms with Gasteiger partial charge in [-0.2, -0.15) is 5.10 Å². The maximum absolute atomic E-state index is 6.32. The first-order valence-corrected chi connectivity index (χ1v) is 7.46. The number of halogens is 1. The van der Waals surface area contributed by atoms with Crippen molar-refractivity contribution in [1.29, 1.82) is 0 Å². The van der Waals surface area contributed by atoms with Gasteiger partial charge in [-0.25, -0.2) is 9.97 Å². The van der Waals surface area contributed by atoms with Crippen LogP contribution in [0.2, 0.25) is 0 Å². The molecule has 0 aliphatic carbocycles. The molecule has 110 valence electrons. The topological polar surface area (TPSA) is 48.5 Å². The van der Waals surface area contributed by atoms with Gasteiger partial charge in [0.05, 0.1) is 18.0 Å². The number of imidazole rings is 1. The Morgan fingerprint density at radius 2 is 2.10 bits per heavy atom. The Balaban J connectivity index is 2.10. The number of aromatic nitrogens is 5. The van der Waals surface area contributed by atoms with E-state index in [4.69, 9.17) is 16.6 Å². The number of rotatable bonds is 4. The van der Waals surface area contributed by atoms with Crippen LogP contribution in [-0.2, 0) is 6.54 Å². The van der Waals surface area contributed by atoms with Crippen LogP contribution in [-0.4, -0.2) is 24.3 Å². The van der Waals surface area contributed by atoms with E-state index in [1.54, 1.807) is 6.20 Å². The highest BCUT2D eigenvalue weighted by Crippen LogP contribution is 2.28. The Bertz CT molecular complexity index is 745. The van der Waals surface area contributed by atoms with Crippen LogP contribution in [0.4, 0.5) is 0 Å². The minimum absolute atomic E-state index is 0.167. The van der Waals surface area contributed by atoms with Crippen molar-refractivity contribution in [2.75, 3.05) is 0 Å². The highest BCUT2D eigenvalue weighted by molar-refractivity contribution is 6.20. The smallest absolute Gasteiger partial charge is 0.160 e. The molecule has 2 atom stereocenters. The lowest BCUT2D eigenvalue weighted by atomic mass is 10.2. The summed E-state index contributed by atoms with van der Waals surface area (Å²) < 4.78 is 4.04. The van der Waals surface area contributed by atoms with E-state index >= 15 is 0 Å². The van der Waals surface area contributed by atoms with Crippen LogP contribution in [0.3, 0.4) is 0 Å². The molecule has 0 aliphatic heterocycles. The highest BCUT2D eigenvalue weighted by Gasteiger charge is 2.21. The minimum atomic E-state index is -0.168. The van der Waals surface area contributed by atoms with E-state index in [-0.39, 0.29) is 11.4 Å². The molecule has 0 saturated carbocycles. The first-order chi connectivity index (χ1) is 10.1. The lowest BCUT2D eigenvalue weighted by molar-refractivity contribution is 0.432. The highest BCUT2D eigenvalue weighted by atomic mass is 35.5. The summed E-state index contributed by atoms with van der Waals surface area (Å²) in [5.41, 5.74) is 2.92. The van der Waals surface area contributed by atoms with Crippen LogP contribution < -0.4 is 0 Å². The van der Waals surface area contributed by atoms with Crippen LogP contribution in [0.5, 0.6) is 0 Å². The van der Waals surface area contributed by atoms with Crippen molar-refractivity contribution in [1.82, 2.24) is 24.3 Å². The molecule has 0 radical (unpaired) electrons. The fourth-order valence-corrected chi connectivity index (χ4v) is 2.76. The zero-order chi connectivity index (χ0) is 15.0. The molecule has 3 heterocycles. The van der Waals surface area contributed by atoms with Crippen molar-refractivity contribution < 1.29 is 0 Å². The van der Waals surface area contributed by atoms with Gasteiger partial charge in [0.25, 0.3) is 0 Å². The first-order valence-electron chi connectivity index (χ1n) is 7.03. The molecule has 0 bridgehead atoms. The second-order valence-electron chi connectivity index (χ2n) is 5.33. The van der Waals surface area contributed by atoms with Crippen LogP contribution in [0, 0.1) is 6.92 Å². The molecule has 0 fully saturated rings. The van der Waals surface area contributed by atoms with Crippen LogP contribution in [0.1, 0.15) is 36.7 Å². The van der Waals surface area contributed by atoms with Gasteiger partial charge in [0, 0.05) is 18.6 Å². The fourth-order valence-electron chi connectivity index (χ4n) is 2.60. The number of alkyl halides is 1. The van der Waals surface area contributed by atoms with Crippen molar-refractivity contribution in [2.24, 2.45) is 0 Å². The maximum atomic E-state index is 6.32. The predicted octanol–water partition coefficient (Wildman–Crippen LogP) is 3.50. The molecular weight excluding hydrogens is 286 g/mol. The van der Waals surface area contributed by atoms with Crippen LogP contribution in [0.15, 0.2) is 30.7 Å². The zero-order valence-electron chi connectivity index (χ0n) is 12.4. The number of hydrogen-bond acceptors (Lipinski definition) is 3. The molecule has 0 aromatic carbocycles. The summed E-state index contributed by atoms with van der Waals surface area (Å²) in [7, 11) is 0. The largest absolute Gasteiger partial charge is 0.307 e. The summed E-state index contributed by atoms with van der Waals surface area (Å²) in [6.45, 7) is 6.87. The molecule has 3 rings (SSSR count). The first kappa shape index (κ1) is 14.1. The number of pyridine rings is 1. The number of nitrogens with zero attached hydrogens (tertiary/aromatic N) is 5. The van der Waals surface area contributed by atoms with E-state index in [1.807, 2.05) is 43.1 Å². The fraction of sp³-hybridized carbons (Fsp3) is 0.400. The van der Waals surface area contributed by atoms with Crippen molar-refractivity contribution >= 4 is 22.8 Å². The molecule has 3 aromatic heterocycles. The van der Waals surface area contributed by atoms with Crippen LogP contribution in [0.25, 0.3) is 11.2 Å². The third-order valence-electron chi connectivity index (χ3n) is 3.62. The lowest BCUT2D eigenvalue weighted by Crippen LogP contribution is -2.16. The molecule has 6 heteroatoms. The van der Waals surface area contributed by atoms with Crippen molar-refractivity contribution in [3.05, 3.63) is 42.1 Å². The third-order valence-corrected chi connectivity index (χ3v) is 3.81. The molecule has 0 amide bonds. The van der Waals surface area contributed by atoms with Crippen molar-refractivity contribution in [3.8, 4) is 0 Å². The van der Waals surface area contributed by atoms with Gasteiger partial charge >= 0.3 is 0 Å². The molecule has 0 N–H and O–H groups in total. The van der Waals surface area contributed by atoms with E-state index in [9.17, 15) is 0 Å². The number of hydrogen-bond donors (Lipinski definition) is 0. The summed E-state index contributed by atoms with van der Waals surface area (Å²) >= 11 is 6.32. The third kappa shape index (κ3) is 2.53. The van der Waals surface area contributed by atoms with Gasteiger partial charge < -0.3 is 4.57 Å². The Labute approximate surface area is 128 Å². The second kappa shape index (κ2) is 5.48. The van der Waals surface area contributed by atoms with Gasteiger partial charge in [0.2, 0.25) is 0 Å². The van der Waals surface area contributed by atoms with Gasteiger partial charge in [0.15, 0.2) is 5.65 Å². The normalized spacial score (nSPS) is 14.5. The summed E-state index contributed by atoms with van der Waals surface area (Å²) in [6, 6.07) is 4.06. The quantitative estimate of drug-likeness (QED) is 0.693. The molecule has 3 aromatic rings. The van der Waals surface area contributed by atoms with Crippen LogP contribution >= 0.6 is 11.6 Å². The molecule has 2 unspecified atom stereocenters. The monoisotopic (exact) mass is 303 g/mol. The van der Waals surface area contributed by atoms with Gasteiger partial charge in [0.1, 0.15) is 11.3 Å².